The Hall–Kier alpha value is -1.46. The summed E-state index contributed by atoms with van der Waals surface area (Å²) in [6, 6.07) is -0.793. The molecule has 0 saturated heterocycles. The van der Waals surface area contributed by atoms with Gasteiger partial charge < -0.3 is 17.2 Å². The maximum absolute atomic E-state index is 9.80. The van der Waals surface area contributed by atoms with E-state index in [0.717, 1.165) is 0 Å². The van der Waals surface area contributed by atoms with Gasteiger partial charge in [0.15, 0.2) is 0 Å². The quantitative estimate of drug-likeness (QED) is 0.178. The Labute approximate surface area is 45.7 Å². The first-order valence-electron chi connectivity index (χ1n) is 1.77. The zero-order valence-corrected chi connectivity index (χ0v) is 4.09. The van der Waals surface area contributed by atoms with Gasteiger partial charge in [0.1, 0.15) is 0 Å². The summed E-state index contributed by atoms with van der Waals surface area (Å²) in [6.07, 6.45) is 0. The van der Waals surface area contributed by atoms with Crippen LogP contribution < -0.4 is 22.6 Å². The first kappa shape index (κ1) is 6.54. The highest BCUT2D eigenvalue weighted by atomic mass is 16.2. The molecule has 0 unspecified atom stereocenters. The number of hydrazone groups is 1. The average Bonchev–Trinajstić information content (AvgIpc) is 1.61. The van der Waals surface area contributed by atoms with Crippen LogP contribution >= 0.6 is 0 Å². The van der Waals surface area contributed by atoms with Crippen molar-refractivity contribution in [3.05, 3.63) is 0 Å². The van der Waals surface area contributed by atoms with Crippen LogP contribution in [0.2, 0.25) is 0 Å². The normalized spacial score (nSPS) is 7.50. The van der Waals surface area contributed by atoms with Gasteiger partial charge in [-0.3, -0.25) is 0 Å². The van der Waals surface area contributed by atoms with Crippen LogP contribution in [0.25, 0.3) is 0 Å². The monoisotopic (exact) mass is 117 g/mol. The van der Waals surface area contributed by atoms with Crippen molar-refractivity contribution in [3.63, 3.8) is 0 Å². The van der Waals surface area contributed by atoms with Crippen molar-refractivity contribution in [2.75, 3.05) is 0 Å². The number of nitrogens with zero attached hydrogens (tertiary/aromatic N) is 1. The van der Waals surface area contributed by atoms with Crippen LogP contribution in [0.5, 0.6) is 0 Å². The fourth-order valence-electron chi connectivity index (χ4n) is 0.120. The standard InChI is InChI=1S/C2H7N5O/c3-1(4)6-7-2(5)8/h(H4,3,4,6)(H3,5,7,8). The molecule has 0 bridgehead atoms. The lowest BCUT2D eigenvalue weighted by Crippen LogP contribution is -2.31. The molecule has 2 amide bonds. The Bertz CT molecular complexity index is 114. The molecule has 6 heteroatoms. The van der Waals surface area contributed by atoms with Gasteiger partial charge in [0.05, 0.1) is 0 Å². The molecular weight excluding hydrogens is 110 g/mol. The van der Waals surface area contributed by atoms with Crippen molar-refractivity contribution in [3.8, 4) is 0 Å². The second kappa shape index (κ2) is 2.67. The molecule has 8 heavy (non-hydrogen) atoms. The van der Waals surface area contributed by atoms with Crippen molar-refractivity contribution in [1.82, 2.24) is 5.43 Å². The number of nitrogens with one attached hydrogen (secondary N) is 1. The fraction of sp³-hybridized carbons (Fsp3) is 0. The molecule has 0 spiro atoms. The Kier molecular flexibility index (Phi) is 2.18. The van der Waals surface area contributed by atoms with Gasteiger partial charge in [-0.2, -0.15) is 0 Å². The highest BCUT2D eigenvalue weighted by molar-refractivity contribution is 5.78. The van der Waals surface area contributed by atoms with Crippen LogP contribution in [0.1, 0.15) is 0 Å². The Morgan fingerprint density at radius 3 is 2.00 bits per heavy atom. The van der Waals surface area contributed by atoms with Crippen molar-refractivity contribution >= 4 is 12.0 Å². The van der Waals surface area contributed by atoms with E-state index in [2.05, 4.69) is 10.8 Å². The van der Waals surface area contributed by atoms with Gasteiger partial charge in [0.25, 0.3) is 0 Å². The zero-order valence-electron chi connectivity index (χ0n) is 4.09. The lowest BCUT2D eigenvalue weighted by atomic mass is 11.1. The van der Waals surface area contributed by atoms with E-state index in [1.165, 1.54) is 0 Å². The van der Waals surface area contributed by atoms with E-state index >= 15 is 0 Å². The van der Waals surface area contributed by atoms with Gasteiger partial charge in [-0.25, -0.2) is 10.2 Å². The molecule has 0 saturated carbocycles. The summed E-state index contributed by atoms with van der Waals surface area (Å²) < 4.78 is 0. The van der Waals surface area contributed by atoms with Crippen LogP contribution in [-0.4, -0.2) is 12.0 Å². The number of rotatable bonds is 1. The van der Waals surface area contributed by atoms with Gasteiger partial charge >= 0.3 is 6.03 Å². The predicted molar refractivity (Wildman–Crippen MR) is 28.5 cm³/mol. The molecule has 0 aromatic heterocycles. The van der Waals surface area contributed by atoms with Crippen molar-refractivity contribution in [2.24, 2.45) is 22.3 Å². The van der Waals surface area contributed by atoms with Gasteiger partial charge in [0.2, 0.25) is 5.96 Å². The van der Waals surface area contributed by atoms with Gasteiger partial charge in [-0.15, -0.1) is 5.10 Å². The minimum Gasteiger partial charge on any atom is -0.369 e. The van der Waals surface area contributed by atoms with Crippen molar-refractivity contribution in [2.45, 2.75) is 0 Å². The lowest BCUT2D eigenvalue weighted by Gasteiger charge is -1.89. The second-order valence-electron chi connectivity index (χ2n) is 1.01. The van der Waals surface area contributed by atoms with E-state index < -0.39 is 6.03 Å². The zero-order chi connectivity index (χ0) is 6.57. The maximum Gasteiger partial charge on any atom is 0.332 e. The number of carbonyl (C=O) groups is 1. The van der Waals surface area contributed by atoms with E-state index in [1.807, 2.05) is 5.43 Å². The Balaban J connectivity index is 3.45. The molecule has 0 rings (SSSR count). The summed E-state index contributed by atoms with van der Waals surface area (Å²) in [5.41, 5.74) is 16.0. The predicted octanol–water partition coefficient (Wildman–Crippen LogP) is -2.16. The third kappa shape index (κ3) is 4.54. The minimum absolute atomic E-state index is 0.233. The number of urea groups is 1. The molecule has 7 N–H and O–H groups in total. The third-order valence-electron chi connectivity index (χ3n) is 0.295. The number of amides is 2. The van der Waals surface area contributed by atoms with Crippen molar-refractivity contribution < 1.29 is 4.79 Å². The first-order valence-corrected chi connectivity index (χ1v) is 1.77. The van der Waals surface area contributed by atoms with Gasteiger partial charge in [-0.1, -0.05) is 0 Å². The topological polar surface area (TPSA) is 120 Å². The van der Waals surface area contributed by atoms with Gasteiger partial charge in [-0.05, 0) is 0 Å². The van der Waals surface area contributed by atoms with Crippen LogP contribution in [0.15, 0.2) is 5.10 Å². The molecule has 0 heterocycles. The number of nitrogens with two attached hydrogens (primary N) is 3. The Morgan fingerprint density at radius 1 is 1.38 bits per heavy atom. The Morgan fingerprint density at radius 2 is 1.88 bits per heavy atom. The van der Waals surface area contributed by atoms with E-state index in [-0.39, 0.29) is 5.96 Å². The smallest absolute Gasteiger partial charge is 0.332 e. The maximum atomic E-state index is 9.80. The van der Waals surface area contributed by atoms with E-state index in [1.54, 1.807) is 0 Å². The molecule has 0 fully saturated rings. The number of guanidine groups is 1. The summed E-state index contributed by atoms with van der Waals surface area (Å²) in [5.74, 6) is -0.233. The van der Waals surface area contributed by atoms with Crippen LogP contribution in [0.4, 0.5) is 4.79 Å². The number of primary amides is 1. The second-order valence-corrected chi connectivity index (χ2v) is 1.01. The molecule has 0 atom stereocenters. The molecule has 0 aliphatic carbocycles. The highest BCUT2D eigenvalue weighted by Crippen LogP contribution is 1.53. The number of carbonyl (C=O) groups excluding carboxylic acids is 1. The minimum atomic E-state index is -0.793. The fourth-order valence-corrected chi connectivity index (χ4v) is 0.120. The van der Waals surface area contributed by atoms with Crippen LogP contribution in [0.3, 0.4) is 0 Å². The molecule has 0 radical (unpaired) electrons. The molecule has 6 nitrogen and oxygen atoms in total. The molecule has 0 aromatic rings. The lowest BCUT2D eigenvalue weighted by molar-refractivity contribution is 0.249. The van der Waals surface area contributed by atoms with Crippen LogP contribution in [-0.2, 0) is 0 Å². The summed E-state index contributed by atoms with van der Waals surface area (Å²) >= 11 is 0. The molecule has 0 aliphatic heterocycles. The number of hydrogen-bond donors (Lipinski definition) is 4. The summed E-state index contributed by atoms with van der Waals surface area (Å²) in [7, 11) is 0. The molecular formula is C2H7N5O. The van der Waals surface area contributed by atoms with Gasteiger partial charge in [0, 0.05) is 0 Å². The third-order valence-corrected chi connectivity index (χ3v) is 0.295. The van der Waals surface area contributed by atoms with Crippen molar-refractivity contribution in [1.29, 1.82) is 0 Å². The summed E-state index contributed by atoms with van der Waals surface area (Å²) in [4.78, 5) is 9.80. The highest BCUT2D eigenvalue weighted by Gasteiger charge is 1.83. The SMILES string of the molecule is NC(=O)NN=C(N)N. The van der Waals surface area contributed by atoms with E-state index in [0.29, 0.717) is 0 Å². The average molecular weight is 117 g/mol. The summed E-state index contributed by atoms with van der Waals surface area (Å²) in [5, 5.41) is 3.07. The summed E-state index contributed by atoms with van der Waals surface area (Å²) in [6.45, 7) is 0. The molecule has 0 aliphatic rings. The number of hydrogen-bond acceptors (Lipinski definition) is 2. The largest absolute Gasteiger partial charge is 0.369 e. The molecule has 0 aromatic carbocycles. The van der Waals surface area contributed by atoms with E-state index in [9.17, 15) is 4.79 Å². The van der Waals surface area contributed by atoms with E-state index in [4.69, 9.17) is 11.5 Å². The van der Waals surface area contributed by atoms with Crippen LogP contribution in [0, 0.1) is 0 Å². The molecule has 46 valence electrons. The first-order chi connectivity index (χ1) is 3.63.